The van der Waals surface area contributed by atoms with E-state index in [1.807, 2.05) is 32.0 Å². The van der Waals surface area contributed by atoms with Crippen LogP contribution >= 0.6 is 0 Å². The van der Waals surface area contributed by atoms with Gasteiger partial charge in [-0.15, -0.1) is 0 Å². The Morgan fingerprint density at radius 2 is 1.70 bits per heavy atom. The van der Waals surface area contributed by atoms with Crippen molar-refractivity contribution in [1.82, 2.24) is 10.2 Å². The summed E-state index contributed by atoms with van der Waals surface area (Å²) in [6, 6.07) is 16.0. The van der Waals surface area contributed by atoms with E-state index in [0.717, 1.165) is 29.5 Å². The number of carbonyl (C=O) groups is 2. The number of hydrogen-bond acceptors (Lipinski definition) is 2. The van der Waals surface area contributed by atoms with Gasteiger partial charge in [0.25, 0.3) is 0 Å². The van der Waals surface area contributed by atoms with Crippen LogP contribution in [0.3, 0.4) is 0 Å². The van der Waals surface area contributed by atoms with Crippen LogP contribution in [0.5, 0.6) is 0 Å². The van der Waals surface area contributed by atoms with Crippen LogP contribution in [-0.4, -0.2) is 29.3 Å². The number of unbranched alkanes of at least 4 members (excludes halogenated alkanes) is 1. The van der Waals surface area contributed by atoms with Crippen LogP contribution in [0.2, 0.25) is 0 Å². The molecule has 0 saturated carbocycles. The molecule has 0 aromatic heterocycles. The van der Waals surface area contributed by atoms with Gasteiger partial charge in [0.2, 0.25) is 11.8 Å². The predicted octanol–water partition coefficient (Wildman–Crippen LogP) is 4.96. The summed E-state index contributed by atoms with van der Waals surface area (Å²) in [4.78, 5) is 27.9. The Labute approximate surface area is 181 Å². The quantitative estimate of drug-likeness (QED) is 0.534. The Hall–Kier alpha value is -2.62. The topological polar surface area (TPSA) is 49.4 Å². The van der Waals surface area contributed by atoms with Crippen molar-refractivity contribution < 1.29 is 9.59 Å². The van der Waals surface area contributed by atoms with Crippen LogP contribution in [0.25, 0.3) is 0 Å². The number of benzene rings is 2. The Kier molecular flexibility index (Phi) is 9.59. The second-order valence-corrected chi connectivity index (χ2v) is 8.06. The standard InChI is InChI=1S/C26H36N2O2/c1-5-7-17-27-26(30)24(6-2)28(19-23-10-8-9-21(4)18-23)25(29)16-15-22-13-11-20(3)12-14-22/h8-14,18,24H,5-7,15-17,19H2,1-4H3,(H,27,30). The molecule has 2 amide bonds. The molecule has 0 heterocycles. The normalized spacial score (nSPS) is 11.7. The third-order valence-corrected chi connectivity index (χ3v) is 5.40. The van der Waals surface area contributed by atoms with Gasteiger partial charge in [-0.1, -0.05) is 79.9 Å². The van der Waals surface area contributed by atoms with Crippen LogP contribution in [0.15, 0.2) is 48.5 Å². The Morgan fingerprint density at radius 1 is 0.967 bits per heavy atom. The van der Waals surface area contributed by atoms with Gasteiger partial charge in [-0.3, -0.25) is 9.59 Å². The van der Waals surface area contributed by atoms with Crippen molar-refractivity contribution in [3.8, 4) is 0 Å². The molecule has 4 heteroatoms. The molecule has 2 aromatic rings. The molecule has 0 fully saturated rings. The molecule has 4 nitrogen and oxygen atoms in total. The molecule has 0 aliphatic carbocycles. The molecule has 2 rings (SSSR count). The van der Waals surface area contributed by atoms with Crippen LogP contribution < -0.4 is 5.32 Å². The fourth-order valence-corrected chi connectivity index (χ4v) is 3.58. The van der Waals surface area contributed by atoms with Gasteiger partial charge in [-0.2, -0.15) is 0 Å². The highest BCUT2D eigenvalue weighted by Crippen LogP contribution is 2.16. The van der Waals surface area contributed by atoms with Crippen molar-refractivity contribution in [2.24, 2.45) is 0 Å². The molecule has 162 valence electrons. The molecule has 0 aliphatic rings. The third-order valence-electron chi connectivity index (χ3n) is 5.40. The lowest BCUT2D eigenvalue weighted by Crippen LogP contribution is -2.49. The summed E-state index contributed by atoms with van der Waals surface area (Å²) < 4.78 is 0. The largest absolute Gasteiger partial charge is 0.354 e. The van der Waals surface area contributed by atoms with Gasteiger partial charge in [0.15, 0.2) is 0 Å². The lowest BCUT2D eigenvalue weighted by atomic mass is 10.0. The van der Waals surface area contributed by atoms with Crippen molar-refractivity contribution in [2.75, 3.05) is 6.54 Å². The molecule has 1 N–H and O–H groups in total. The fourth-order valence-electron chi connectivity index (χ4n) is 3.58. The minimum absolute atomic E-state index is 0.0228. The Balaban J connectivity index is 2.16. The predicted molar refractivity (Wildman–Crippen MR) is 123 cm³/mol. The molecule has 1 atom stereocenters. The lowest BCUT2D eigenvalue weighted by molar-refractivity contribution is -0.141. The van der Waals surface area contributed by atoms with E-state index in [1.165, 1.54) is 5.56 Å². The van der Waals surface area contributed by atoms with Gasteiger partial charge in [-0.25, -0.2) is 0 Å². The highest BCUT2D eigenvalue weighted by Gasteiger charge is 2.28. The zero-order valence-corrected chi connectivity index (χ0v) is 18.9. The van der Waals surface area contributed by atoms with E-state index in [9.17, 15) is 9.59 Å². The summed E-state index contributed by atoms with van der Waals surface area (Å²) in [7, 11) is 0. The number of carbonyl (C=O) groups excluding carboxylic acids is 2. The summed E-state index contributed by atoms with van der Waals surface area (Å²) >= 11 is 0. The van der Waals surface area contributed by atoms with Crippen LogP contribution in [0.1, 0.15) is 61.8 Å². The Morgan fingerprint density at radius 3 is 2.33 bits per heavy atom. The zero-order chi connectivity index (χ0) is 21.9. The maximum Gasteiger partial charge on any atom is 0.242 e. The SMILES string of the molecule is CCCCNC(=O)C(CC)N(Cc1cccc(C)c1)C(=O)CCc1ccc(C)cc1. The summed E-state index contributed by atoms with van der Waals surface area (Å²) in [5, 5.41) is 3.01. The average molecular weight is 409 g/mol. The second-order valence-electron chi connectivity index (χ2n) is 8.06. The Bertz CT molecular complexity index is 814. The number of hydrogen-bond donors (Lipinski definition) is 1. The average Bonchev–Trinajstić information content (AvgIpc) is 2.73. The highest BCUT2D eigenvalue weighted by atomic mass is 16.2. The lowest BCUT2D eigenvalue weighted by Gasteiger charge is -2.31. The van der Waals surface area contributed by atoms with Gasteiger partial charge in [-0.05, 0) is 44.2 Å². The molecule has 0 bridgehead atoms. The van der Waals surface area contributed by atoms with Gasteiger partial charge < -0.3 is 10.2 Å². The molecule has 0 radical (unpaired) electrons. The first-order valence-electron chi connectivity index (χ1n) is 11.1. The first kappa shape index (κ1) is 23.7. The van der Waals surface area contributed by atoms with E-state index in [-0.39, 0.29) is 11.8 Å². The molecule has 30 heavy (non-hydrogen) atoms. The molecule has 0 aliphatic heterocycles. The van der Waals surface area contributed by atoms with Gasteiger partial charge in [0, 0.05) is 19.5 Å². The van der Waals surface area contributed by atoms with E-state index < -0.39 is 6.04 Å². The van der Waals surface area contributed by atoms with E-state index in [0.29, 0.717) is 32.4 Å². The van der Waals surface area contributed by atoms with Crippen LogP contribution in [0, 0.1) is 13.8 Å². The number of nitrogens with one attached hydrogen (secondary N) is 1. The number of nitrogens with zero attached hydrogens (tertiary/aromatic N) is 1. The maximum atomic E-state index is 13.3. The summed E-state index contributed by atoms with van der Waals surface area (Å²) in [6.45, 7) is 9.28. The van der Waals surface area contributed by atoms with Crippen molar-refractivity contribution >= 4 is 11.8 Å². The van der Waals surface area contributed by atoms with Gasteiger partial charge in [0.1, 0.15) is 6.04 Å². The number of amides is 2. The second kappa shape index (κ2) is 12.2. The first-order chi connectivity index (χ1) is 14.4. The van der Waals surface area contributed by atoms with Crippen molar-refractivity contribution in [3.05, 3.63) is 70.8 Å². The van der Waals surface area contributed by atoms with E-state index in [4.69, 9.17) is 0 Å². The van der Waals surface area contributed by atoms with E-state index in [2.05, 4.69) is 49.5 Å². The minimum Gasteiger partial charge on any atom is -0.354 e. The summed E-state index contributed by atoms with van der Waals surface area (Å²) in [6.07, 6.45) is 3.64. The third kappa shape index (κ3) is 7.33. The van der Waals surface area contributed by atoms with E-state index in [1.54, 1.807) is 4.90 Å². The number of aryl methyl sites for hydroxylation is 3. The molecule has 2 aromatic carbocycles. The van der Waals surface area contributed by atoms with E-state index >= 15 is 0 Å². The molecule has 0 saturated heterocycles. The smallest absolute Gasteiger partial charge is 0.242 e. The minimum atomic E-state index is -0.451. The molecule has 1 unspecified atom stereocenters. The number of rotatable bonds is 11. The molecular formula is C26H36N2O2. The fraction of sp³-hybridized carbons (Fsp3) is 0.462. The highest BCUT2D eigenvalue weighted by molar-refractivity contribution is 5.87. The summed E-state index contributed by atoms with van der Waals surface area (Å²) in [5.74, 6) is -0.0307. The molecular weight excluding hydrogens is 372 g/mol. The van der Waals surface area contributed by atoms with Crippen molar-refractivity contribution in [1.29, 1.82) is 0 Å². The monoisotopic (exact) mass is 408 g/mol. The van der Waals surface area contributed by atoms with Crippen LogP contribution in [0.4, 0.5) is 0 Å². The van der Waals surface area contributed by atoms with Gasteiger partial charge >= 0.3 is 0 Å². The zero-order valence-electron chi connectivity index (χ0n) is 18.9. The molecule has 0 spiro atoms. The first-order valence-corrected chi connectivity index (χ1v) is 11.1. The van der Waals surface area contributed by atoms with Crippen molar-refractivity contribution in [2.45, 2.75) is 72.4 Å². The van der Waals surface area contributed by atoms with Gasteiger partial charge in [0.05, 0.1) is 0 Å². The van der Waals surface area contributed by atoms with Crippen LogP contribution in [-0.2, 0) is 22.6 Å². The van der Waals surface area contributed by atoms with Crippen molar-refractivity contribution in [3.63, 3.8) is 0 Å². The maximum absolute atomic E-state index is 13.3. The summed E-state index contributed by atoms with van der Waals surface area (Å²) in [5.41, 5.74) is 4.56.